The van der Waals surface area contributed by atoms with E-state index in [0.717, 1.165) is 19.4 Å². The second-order valence-electron chi connectivity index (χ2n) is 5.72. The lowest BCUT2D eigenvalue weighted by Gasteiger charge is -2.21. The first-order chi connectivity index (χ1) is 8.84. The van der Waals surface area contributed by atoms with Gasteiger partial charge in [-0.1, -0.05) is 24.3 Å². The van der Waals surface area contributed by atoms with Crippen molar-refractivity contribution in [3.63, 3.8) is 0 Å². The first-order valence-electron chi connectivity index (χ1n) is 7.29. The molecule has 0 amide bonds. The van der Waals surface area contributed by atoms with Crippen molar-refractivity contribution in [1.82, 2.24) is 0 Å². The first kappa shape index (κ1) is 12.2. The van der Waals surface area contributed by atoms with Gasteiger partial charge in [-0.2, -0.15) is 0 Å². The van der Waals surface area contributed by atoms with Crippen molar-refractivity contribution in [3.8, 4) is 0 Å². The van der Waals surface area contributed by atoms with Gasteiger partial charge in [0.1, 0.15) is 0 Å². The second kappa shape index (κ2) is 5.41. The van der Waals surface area contributed by atoms with Gasteiger partial charge in [-0.25, -0.2) is 0 Å². The number of fused-ring (bicyclic) bond motifs is 1. The van der Waals surface area contributed by atoms with Gasteiger partial charge >= 0.3 is 0 Å². The van der Waals surface area contributed by atoms with Crippen LogP contribution in [0.5, 0.6) is 0 Å². The minimum Gasteiger partial charge on any atom is -0.378 e. The Morgan fingerprint density at radius 1 is 1.28 bits per heavy atom. The SMILES string of the molecule is NC(CCC1CCCO1)C1CCc2ccccc21. The summed E-state index contributed by atoms with van der Waals surface area (Å²) in [5.41, 5.74) is 9.42. The summed E-state index contributed by atoms with van der Waals surface area (Å²) >= 11 is 0. The fraction of sp³-hybridized carbons (Fsp3) is 0.625. The van der Waals surface area contributed by atoms with Crippen LogP contribution in [-0.4, -0.2) is 18.8 Å². The van der Waals surface area contributed by atoms with Crippen LogP contribution < -0.4 is 5.73 Å². The lowest BCUT2D eigenvalue weighted by Crippen LogP contribution is -2.28. The molecule has 0 bridgehead atoms. The number of rotatable bonds is 4. The normalized spacial score (nSPS) is 28.3. The third-order valence-electron chi connectivity index (χ3n) is 4.54. The van der Waals surface area contributed by atoms with Crippen molar-refractivity contribution in [2.24, 2.45) is 5.73 Å². The lowest BCUT2D eigenvalue weighted by atomic mass is 9.90. The summed E-state index contributed by atoms with van der Waals surface area (Å²) in [5.74, 6) is 0.572. The van der Waals surface area contributed by atoms with Crippen molar-refractivity contribution in [2.45, 2.75) is 56.6 Å². The Morgan fingerprint density at radius 3 is 3.00 bits per heavy atom. The standard InChI is InChI=1S/C16H23NO/c17-16(10-8-13-5-3-11-18-13)15-9-7-12-4-1-2-6-14(12)15/h1-2,4,6,13,15-16H,3,5,7-11,17H2. The van der Waals surface area contributed by atoms with Crippen LogP contribution >= 0.6 is 0 Å². The summed E-state index contributed by atoms with van der Waals surface area (Å²) in [6.07, 6.45) is 7.61. The molecule has 98 valence electrons. The van der Waals surface area contributed by atoms with E-state index < -0.39 is 0 Å². The van der Waals surface area contributed by atoms with Crippen molar-refractivity contribution < 1.29 is 4.74 Å². The Balaban J connectivity index is 1.58. The molecule has 2 N–H and O–H groups in total. The predicted molar refractivity (Wildman–Crippen MR) is 73.7 cm³/mol. The fourth-order valence-corrected chi connectivity index (χ4v) is 3.49. The molecule has 1 saturated heterocycles. The monoisotopic (exact) mass is 245 g/mol. The minimum absolute atomic E-state index is 0.304. The van der Waals surface area contributed by atoms with Gasteiger partial charge in [-0.3, -0.25) is 0 Å². The molecule has 0 aromatic heterocycles. The van der Waals surface area contributed by atoms with Gasteiger partial charge in [0.25, 0.3) is 0 Å². The highest BCUT2D eigenvalue weighted by Gasteiger charge is 2.28. The third kappa shape index (κ3) is 2.45. The van der Waals surface area contributed by atoms with Crippen molar-refractivity contribution in [1.29, 1.82) is 0 Å². The average Bonchev–Trinajstić information content (AvgIpc) is 3.05. The van der Waals surface area contributed by atoms with E-state index in [2.05, 4.69) is 24.3 Å². The van der Waals surface area contributed by atoms with E-state index in [0.29, 0.717) is 18.1 Å². The van der Waals surface area contributed by atoms with Crippen LogP contribution in [0.25, 0.3) is 0 Å². The van der Waals surface area contributed by atoms with E-state index >= 15 is 0 Å². The van der Waals surface area contributed by atoms with Crippen LogP contribution in [-0.2, 0) is 11.2 Å². The molecule has 1 aromatic rings. The highest BCUT2D eigenvalue weighted by atomic mass is 16.5. The molecule has 1 aliphatic carbocycles. The molecule has 2 nitrogen and oxygen atoms in total. The molecule has 3 unspecified atom stereocenters. The van der Waals surface area contributed by atoms with Crippen LogP contribution in [0, 0.1) is 0 Å². The van der Waals surface area contributed by atoms with Crippen LogP contribution in [0.3, 0.4) is 0 Å². The molecule has 3 rings (SSSR count). The zero-order chi connectivity index (χ0) is 12.4. The second-order valence-corrected chi connectivity index (χ2v) is 5.72. The molecule has 1 heterocycles. The average molecular weight is 245 g/mol. The predicted octanol–water partition coefficient (Wildman–Crippen LogP) is 3.00. The van der Waals surface area contributed by atoms with E-state index in [9.17, 15) is 0 Å². The zero-order valence-electron chi connectivity index (χ0n) is 11.0. The highest BCUT2D eigenvalue weighted by molar-refractivity contribution is 5.35. The van der Waals surface area contributed by atoms with E-state index in [1.807, 2.05) is 0 Å². The van der Waals surface area contributed by atoms with Gasteiger partial charge in [-0.15, -0.1) is 0 Å². The summed E-state index contributed by atoms with van der Waals surface area (Å²) in [6, 6.07) is 9.10. The quantitative estimate of drug-likeness (QED) is 0.885. The molecule has 1 fully saturated rings. The highest BCUT2D eigenvalue weighted by Crippen LogP contribution is 2.36. The first-order valence-corrected chi connectivity index (χ1v) is 7.29. The topological polar surface area (TPSA) is 35.2 Å². The zero-order valence-corrected chi connectivity index (χ0v) is 11.0. The molecular weight excluding hydrogens is 222 g/mol. The van der Waals surface area contributed by atoms with E-state index in [4.69, 9.17) is 10.5 Å². The number of ether oxygens (including phenoxy) is 1. The van der Waals surface area contributed by atoms with Crippen molar-refractivity contribution in [3.05, 3.63) is 35.4 Å². The molecule has 1 aromatic carbocycles. The maximum absolute atomic E-state index is 6.42. The Morgan fingerprint density at radius 2 is 2.17 bits per heavy atom. The van der Waals surface area contributed by atoms with Gasteiger partial charge in [-0.05, 0) is 55.6 Å². The molecule has 2 aliphatic rings. The van der Waals surface area contributed by atoms with Crippen LogP contribution in [0.2, 0.25) is 0 Å². The van der Waals surface area contributed by atoms with E-state index in [1.165, 1.54) is 36.8 Å². The molecule has 2 heteroatoms. The summed E-state index contributed by atoms with van der Waals surface area (Å²) in [4.78, 5) is 0. The van der Waals surface area contributed by atoms with Gasteiger partial charge < -0.3 is 10.5 Å². The Hall–Kier alpha value is -0.860. The number of hydrogen-bond donors (Lipinski definition) is 1. The number of nitrogens with two attached hydrogens (primary N) is 1. The lowest BCUT2D eigenvalue weighted by molar-refractivity contribution is 0.0999. The molecule has 18 heavy (non-hydrogen) atoms. The van der Waals surface area contributed by atoms with Gasteiger partial charge in [0.2, 0.25) is 0 Å². The van der Waals surface area contributed by atoms with Crippen molar-refractivity contribution >= 4 is 0 Å². The maximum Gasteiger partial charge on any atom is 0.0576 e. The van der Waals surface area contributed by atoms with Gasteiger partial charge in [0.15, 0.2) is 0 Å². The Labute approximate surface area is 110 Å². The summed E-state index contributed by atoms with van der Waals surface area (Å²) in [6.45, 7) is 0.951. The van der Waals surface area contributed by atoms with E-state index in [-0.39, 0.29) is 0 Å². The largest absolute Gasteiger partial charge is 0.378 e. The molecule has 0 radical (unpaired) electrons. The molecule has 3 atom stereocenters. The minimum atomic E-state index is 0.304. The van der Waals surface area contributed by atoms with Crippen LogP contribution in [0.4, 0.5) is 0 Å². The van der Waals surface area contributed by atoms with Crippen LogP contribution in [0.15, 0.2) is 24.3 Å². The summed E-state index contributed by atoms with van der Waals surface area (Å²) < 4.78 is 5.68. The Kier molecular flexibility index (Phi) is 3.67. The van der Waals surface area contributed by atoms with Crippen molar-refractivity contribution in [2.75, 3.05) is 6.61 Å². The summed E-state index contributed by atoms with van der Waals surface area (Å²) in [5, 5.41) is 0. The van der Waals surface area contributed by atoms with E-state index in [1.54, 1.807) is 0 Å². The molecule has 1 aliphatic heterocycles. The Bertz CT molecular complexity index is 398. The van der Waals surface area contributed by atoms with Crippen LogP contribution in [0.1, 0.15) is 49.1 Å². The fourth-order valence-electron chi connectivity index (χ4n) is 3.49. The molecular formula is C16H23NO. The molecule has 0 spiro atoms. The van der Waals surface area contributed by atoms with Gasteiger partial charge in [0.05, 0.1) is 6.10 Å². The number of aryl methyl sites for hydroxylation is 1. The smallest absolute Gasteiger partial charge is 0.0576 e. The number of hydrogen-bond acceptors (Lipinski definition) is 2. The number of benzene rings is 1. The third-order valence-corrected chi connectivity index (χ3v) is 4.54. The summed E-state index contributed by atoms with van der Waals surface area (Å²) in [7, 11) is 0. The maximum atomic E-state index is 6.42. The molecule has 0 saturated carbocycles. The van der Waals surface area contributed by atoms with Gasteiger partial charge in [0, 0.05) is 12.6 Å².